The third kappa shape index (κ3) is 3.08. The molecule has 7 heteroatoms. The molecule has 122 valence electrons. The lowest BCUT2D eigenvalue weighted by molar-refractivity contribution is -0.143. The van der Waals surface area contributed by atoms with E-state index in [-0.39, 0.29) is 6.54 Å². The van der Waals surface area contributed by atoms with Gasteiger partial charge in [0.1, 0.15) is 6.54 Å². The molecule has 0 atom stereocenters. The SMILES string of the molecule is CCc1cccc(C)c1NC(=O)CN1C(=O)C(=O)N(CC)C1=O. The number of rotatable bonds is 5. The van der Waals surface area contributed by atoms with Crippen molar-refractivity contribution in [3.05, 3.63) is 29.3 Å². The van der Waals surface area contributed by atoms with E-state index in [0.717, 1.165) is 22.4 Å². The maximum absolute atomic E-state index is 12.2. The van der Waals surface area contributed by atoms with Crippen LogP contribution in [0.25, 0.3) is 0 Å². The molecule has 1 aliphatic heterocycles. The van der Waals surface area contributed by atoms with Crippen molar-refractivity contribution in [3.8, 4) is 0 Å². The molecule has 1 aromatic carbocycles. The van der Waals surface area contributed by atoms with E-state index in [4.69, 9.17) is 0 Å². The van der Waals surface area contributed by atoms with E-state index in [9.17, 15) is 19.2 Å². The number of carbonyl (C=O) groups excluding carboxylic acids is 4. The minimum atomic E-state index is -0.965. The average Bonchev–Trinajstić information content (AvgIpc) is 2.72. The average molecular weight is 317 g/mol. The van der Waals surface area contributed by atoms with Crippen LogP contribution in [0.15, 0.2) is 18.2 Å². The van der Waals surface area contributed by atoms with Gasteiger partial charge in [-0.2, -0.15) is 0 Å². The zero-order chi connectivity index (χ0) is 17.1. The first-order valence-corrected chi connectivity index (χ1v) is 7.46. The van der Waals surface area contributed by atoms with E-state index in [2.05, 4.69) is 5.32 Å². The first-order valence-electron chi connectivity index (χ1n) is 7.46. The van der Waals surface area contributed by atoms with Crippen LogP contribution in [0.1, 0.15) is 25.0 Å². The lowest BCUT2D eigenvalue weighted by Crippen LogP contribution is -2.39. The molecule has 2 rings (SSSR count). The molecule has 1 heterocycles. The number of carbonyl (C=O) groups is 4. The first kappa shape index (κ1) is 16.7. The summed E-state index contributed by atoms with van der Waals surface area (Å²) in [5, 5.41) is 2.73. The van der Waals surface area contributed by atoms with Gasteiger partial charge in [0.2, 0.25) is 5.91 Å². The van der Waals surface area contributed by atoms with E-state index in [0.29, 0.717) is 10.6 Å². The van der Waals surface area contributed by atoms with E-state index >= 15 is 0 Å². The first-order chi connectivity index (χ1) is 10.9. The van der Waals surface area contributed by atoms with Gasteiger partial charge in [-0.25, -0.2) is 9.69 Å². The van der Waals surface area contributed by atoms with Crippen LogP contribution in [-0.2, 0) is 20.8 Å². The largest absolute Gasteiger partial charge is 0.334 e. The number of hydrogen-bond donors (Lipinski definition) is 1. The van der Waals surface area contributed by atoms with Crippen molar-refractivity contribution in [2.75, 3.05) is 18.4 Å². The number of anilines is 1. The number of aryl methyl sites for hydroxylation is 2. The van der Waals surface area contributed by atoms with Gasteiger partial charge in [-0.05, 0) is 31.4 Å². The van der Waals surface area contributed by atoms with Gasteiger partial charge in [-0.1, -0.05) is 25.1 Å². The molecule has 1 fully saturated rings. The zero-order valence-electron chi connectivity index (χ0n) is 13.4. The predicted octanol–water partition coefficient (Wildman–Crippen LogP) is 1.31. The van der Waals surface area contributed by atoms with Crippen molar-refractivity contribution in [1.82, 2.24) is 9.80 Å². The molecule has 0 spiro atoms. The summed E-state index contributed by atoms with van der Waals surface area (Å²) in [7, 11) is 0. The summed E-state index contributed by atoms with van der Waals surface area (Å²) in [6.07, 6.45) is 0.737. The monoisotopic (exact) mass is 317 g/mol. The molecular formula is C16H19N3O4. The van der Waals surface area contributed by atoms with Crippen molar-refractivity contribution in [3.63, 3.8) is 0 Å². The normalized spacial score (nSPS) is 14.7. The Balaban J connectivity index is 2.13. The molecule has 0 aliphatic carbocycles. The third-order valence-corrected chi connectivity index (χ3v) is 3.76. The second kappa shape index (κ2) is 6.60. The number of nitrogens with zero attached hydrogens (tertiary/aromatic N) is 2. The van der Waals surface area contributed by atoms with Crippen molar-refractivity contribution in [2.45, 2.75) is 27.2 Å². The number of nitrogens with one attached hydrogen (secondary N) is 1. The molecule has 7 nitrogen and oxygen atoms in total. The number of para-hydroxylation sites is 1. The van der Waals surface area contributed by atoms with Crippen molar-refractivity contribution >= 4 is 29.4 Å². The van der Waals surface area contributed by atoms with Gasteiger partial charge < -0.3 is 5.32 Å². The highest BCUT2D eigenvalue weighted by molar-refractivity contribution is 6.45. The minimum absolute atomic E-state index is 0.0965. The Hall–Kier alpha value is -2.70. The number of imide groups is 2. The van der Waals surface area contributed by atoms with Crippen LogP contribution in [0.2, 0.25) is 0 Å². The minimum Gasteiger partial charge on any atom is -0.324 e. The van der Waals surface area contributed by atoms with Crippen LogP contribution >= 0.6 is 0 Å². The van der Waals surface area contributed by atoms with Gasteiger partial charge >= 0.3 is 17.8 Å². The molecular weight excluding hydrogens is 298 g/mol. The Labute approximate surface area is 134 Å². The number of likely N-dealkylation sites (N-methyl/N-ethyl adjacent to an activating group) is 1. The van der Waals surface area contributed by atoms with Gasteiger partial charge in [0.15, 0.2) is 0 Å². The third-order valence-electron chi connectivity index (χ3n) is 3.76. The molecule has 1 N–H and O–H groups in total. The molecule has 1 aliphatic rings. The van der Waals surface area contributed by atoms with E-state index < -0.39 is 30.3 Å². The second-order valence-corrected chi connectivity index (χ2v) is 5.23. The van der Waals surface area contributed by atoms with E-state index in [1.807, 2.05) is 32.0 Å². The van der Waals surface area contributed by atoms with Crippen molar-refractivity contribution in [2.24, 2.45) is 0 Å². The number of urea groups is 1. The summed E-state index contributed by atoms with van der Waals surface area (Å²) in [6, 6.07) is 4.91. The molecule has 0 radical (unpaired) electrons. The van der Waals surface area contributed by atoms with Crippen LogP contribution in [-0.4, -0.2) is 46.6 Å². The number of hydrogen-bond acceptors (Lipinski definition) is 4. The molecule has 0 bridgehead atoms. The second-order valence-electron chi connectivity index (χ2n) is 5.23. The predicted molar refractivity (Wildman–Crippen MR) is 83.7 cm³/mol. The van der Waals surface area contributed by atoms with Crippen LogP contribution in [0.4, 0.5) is 10.5 Å². The van der Waals surface area contributed by atoms with Gasteiger partial charge in [0, 0.05) is 12.2 Å². The summed E-state index contributed by atoms with van der Waals surface area (Å²) in [6.45, 7) is 5.04. The highest BCUT2D eigenvalue weighted by atomic mass is 16.2. The van der Waals surface area contributed by atoms with Crippen LogP contribution < -0.4 is 5.32 Å². The van der Waals surface area contributed by atoms with Crippen LogP contribution in [0, 0.1) is 6.92 Å². The fraction of sp³-hybridized carbons (Fsp3) is 0.375. The van der Waals surface area contributed by atoms with Crippen molar-refractivity contribution < 1.29 is 19.2 Å². The smallest absolute Gasteiger partial charge is 0.324 e. The Morgan fingerprint density at radius 1 is 1.09 bits per heavy atom. The quantitative estimate of drug-likeness (QED) is 0.655. The molecule has 0 unspecified atom stereocenters. The van der Waals surface area contributed by atoms with Gasteiger partial charge in [-0.3, -0.25) is 19.3 Å². The lowest BCUT2D eigenvalue weighted by Gasteiger charge is -2.16. The van der Waals surface area contributed by atoms with Crippen LogP contribution in [0.3, 0.4) is 0 Å². The summed E-state index contributed by atoms with van der Waals surface area (Å²) in [4.78, 5) is 49.1. The molecule has 0 aromatic heterocycles. The highest BCUT2D eigenvalue weighted by Crippen LogP contribution is 2.21. The Morgan fingerprint density at radius 3 is 2.30 bits per heavy atom. The highest BCUT2D eigenvalue weighted by Gasteiger charge is 2.44. The Morgan fingerprint density at radius 2 is 1.74 bits per heavy atom. The number of amides is 5. The van der Waals surface area contributed by atoms with Crippen LogP contribution in [0.5, 0.6) is 0 Å². The Bertz CT molecular complexity index is 684. The topological polar surface area (TPSA) is 86.8 Å². The lowest BCUT2D eigenvalue weighted by atomic mass is 10.1. The van der Waals surface area contributed by atoms with Gasteiger partial charge in [0.25, 0.3) is 0 Å². The molecule has 1 saturated heterocycles. The molecule has 0 saturated carbocycles. The van der Waals surface area contributed by atoms with Crippen molar-refractivity contribution in [1.29, 1.82) is 0 Å². The summed E-state index contributed by atoms with van der Waals surface area (Å²) < 4.78 is 0. The fourth-order valence-corrected chi connectivity index (χ4v) is 2.49. The zero-order valence-corrected chi connectivity index (χ0v) is 13.4. The molecule has 1 aromatic rings. The fourth-order valence-electron chi connectivity index (χ4n) is 2.49. The standard InChI is InChI=1S/C16H19N3O4/c1-4-11-8-6-7-10(3)13(11)17-12(20)9-19-15(22)14(21)18(5-2)16(19)23/h6-8H,4-5,9H2,1-3H3,(H,17,20). The molecule has 5 amide bonds. The maximum Gasteiger partial charge on any atom is 0.334 e. The summed E-state index contributed by atoms with van der Waals surface area (Å²) in [5.74, 6) is -2.37. The van der Waals surface area contributed by atoms with E-state index in [1.54, 1.807) is 6.92 Å². The van der Waals surface area contributed by atoms with Gasteiger partial charge in [0.05, 0.1) is 0 Å². The maximum atomic E-state index is 12.2. The summed E-state index contributed by atoms with van der Waals surface area (Å²) >= 11 is 0. The molecule has 23 heavy (non-hydrogen) atoms. The Kier molecular flexibility index (Phi) is 4.78. The number of benzene rings is 1. The summed E-state index contributed by atoms with van der Waals surface area (Å²) in [5.41, 5.74) is 2.53. The van der Waals surface area contributed by atoms with Gasteiger partial charge in [-0.15, -0.1) is 0 Å². The van der Waals surface area contributed by atoms with E-state index in [1.165, 1.54) is 0 Å².